The number of nitrogens with one attached hydrogen (secondary N) is 1. The van der Waals surface area contributed by atoms with E-state index in [9.17, 15) is 14.7 Å². The first-order valence-electron chi connectivity index (χ1n) is 10.8. The van der Waals surface area contributed by atoms with Crippen LogP contribution in [0.25, 0.3) is 0 Å². The number of rotatable bonds is 3. The van der Waals surface area contributed by atoms with Crippen molar-refractivity contribution in [3.8, 4) is 0 Å². The van der Waals surface area contributed by atoms with Crippen LogP contribution in [-0.2, 0) is 9.59 Å². The van der Waals surface area contributed by atoms with Gasteiger partial charge in [0.1, 0.15) is 5.54 Å². The zero-order valence-corrected chi connectivity index (χ0v) is 17.5. The molecule has 0 spiro atoms. The van der Waals surface area contributed by atoms with Gasteiger partial charge in [0.05, 0.1) is 11.4 Å². The van der Waals surface area contributed by atoms with E-state index in [1.807, 2.05) is 29.2 Å². The number of aliphatic carboxylic acids is 1. The Labute approximate surface area is 177 Å². The van der Waals surface area contributed by atoms with Crippen LogP contribution < -0.4 is 10.2 Å². The normalized spacial score (nSPS) is 26.2. The van der Waals surface area contributed by atoms with Crippen LogP contribution in [0.15, 0.2) is 24.3 Å². The maximum Gasteiger partial charge on any atom is 0.324 e. The van der Waals surface area contributed by atoms with Gasteiger partial charge in [-0.25, -0.2) is 0 Å². The summed E-state index contributed by atoms with van der Waals surface area (Å²) >= 11 is 6.50. The molecule has 4 rings (SSSR count). The largest absolute Gasteiger partial charge is 0.480 e. The Hall–Kier alpha value is -1.79. The Kier molecular flexibility index (Phi) is 6.02. The molecule has 1 aromatic rings. The van der Waals surface area contributed by atoms with Gasteiger partial charge in [-0.1, -0.05) is 55.8 Å². The van der Waals surface area contributed by atoms with Crippen molar-refractivity contribution in [1.29, 1.82) is 0 Å². The second kappa shape index (κ2) is 8.52. The van der Waals surface area contributed by atoms with E-state index in [2.05, 4.69) is 10.2 Å². The number of nitrogens with zero attached hydrogens (tertiary/aromatic N) is 2. The van der Waals surface area contributed by atoms with Gasteiger partial charge < -0.3 is 15.3 Å². The predicted molar refractivity (Wildman–Crippen MR) is 114 cm³/mol. The minimum absolute atomic E-state index is 0.125. The van der Waals surface area contributed by atoms with Gasteiger partial charge in [-0.2, -0.15) is 0 Å². The molecule has 29 heavy (non-hydrogen) atoms. The number of halogens is 1. The zero-order valence-electron chi connectivity index (χ0n) is 16.8. The van der Waals surface area contributed by atoms with Crippen LogP contribution in [0, 0.1) is 0 Å². The monoisotopic (exact) mass is 419 g/mol. The van der Waals surface area contributed by atoms with E-state index in [-0.39, 0.29) is 11.9 Å². The molecule has 1 amide bonds. The van der Waals surface area contributed by atoms with Gasteiger partial charge in [0.25, 0.3) is 5.91 Å². The first-order chi connectivity index (χ1) is 14.0. The first kappa shape index (κ1) is 20.5. The summed E-state index contributed by atoms with van der Waals surface area (Å²) in [4.78, 5) is 28.9. The molecular weight excluding hydrogens is 390 g/mol. The highest BCUT2D eigenvalue weighted by Gasteiger charge is 2.46. The van der Waals surface area contributed by atoms with Crippen molar-refractivity contribution in [3.05, 3.63) is 24.3 Å². The molecule has 6 nitrogen and oxygen atoms in total. The zero-order chi connectivity index (χ0) is 20.4. The number of alkyl halides is 1. The van der Waals surface area contributed by atoms with Crippen molar-refractivity contribution in [2.75, 3.05) is 23.3 Å². The van der Waals surface area contributed by atoms with E-state index in [0.29, 0.717) is 0 Å². The van der Waals surface area contributed by atoms with Gasteiger partial charge in [-0.05, 0) is 37.8 Å². The lowest BCUT2D eigenvalue weighted by Gasteiger charge is -2.48. The fraction of sp³-hybridized carbons (Fsp3) is 0.636. The minimum Gasteiger partial charge on any atom is -0.480 e. The second-order valence-electron chi connectivity index (χ2n) is 8.57. The number of carboxylic acid groups (broad SMARTS) is 1. The smallest absolute Gasteiger partial charge is 0.324 e. The van der Waals surface area contributed by atoms with Gasteiger partial charge in [0.2, 0.25) is 0 Å². The average Bonchev–Trinajstić information content (AvgIpc) is 2.69. The summed E-state index contributed by atoms with van der Waals surface area (Å²) in [6, 6.07) is 7.87. The van der Waals surface area contributed by atoms with E-state index < -0.39 is 17.0 Å². The molecule has 0 aromatic heterocycles. The third-order valence-electron chi connectivity index (χ3n) is 6.94. The van der Waals surface area contributed by atoms with Gasteiger partial charge >= 0.3 is 5.97 Å². The minimum atomic E-state index is -0.740. The summed E-state index contributed by atoms with van der Waals surface area (Å²) in [6.45, 7) is 1.45. The fourth-order valence-electron chi connectivity index (χ4n) is 5.35. The Morgan fingerprint density at radius 2 is 1.69 bits per heavy atom. The second-order valence-corrected chi connectivity index (χ2v) is 8.99. The molecule has 158 valence electrons. The van der Waals surface area contributed by atoms with Crippen molar-refractivity contribution in [2.24, 2.45) is 0 Å². The van der Waals surface area contributed by atoms with Gasteiger partial charge in [0.15, 0.2) is 5.50 Å². The van der Waals surface area contributed by atoms with Crippen LogP contribution in [0.2, 0.25) is 0 Å². The van der Waals surface area contributed by atoms with Crippen molar-refractivity contribution >= 4 is 34.9 Å². The van der Waals surface area contributed by atoms with E-state index in [1.165, 1.54) is 6.42 Å². The summed E-state index contributed by atoms with van der Waals surface area (Å²) in [5.41, 5.74) is 0.266. The number of para-hydroxylation sites is 2. The summed E-state index contributed by atoms with van der Waals surface area (Å²) in [7, 11) is 0. The van der Waals surface area contributed by atoms with E-state index in [4.69, 9.17) is 11.6 Å². The number of amides is 1. The SMILES string of the molecule is O=C1Nc2ccccc2N(C2CCN(C3(C(=O)O)CCCCCCC3)CC2)C1Cl. The molecule has 1 aliphatic carbocycles. The maximum atomic E-state index is 12.4. The van der Waals surface area contributed by atoms with Crippen LogP contribution in [0.5, 0.6) is 0 Å². The topological polar surface area (TPSA) is 72.9 Å². The maximum absolute atomic E-state index is 12.4. The highest BCUT2D eigenvalue weighted by Crippen LogP contribution is 2.39. The number of likely N-dealkylation sites (tertiary alicyclic amines) is 1. The van der Waals surface area contributed by atoms with Crippen LogP contribution in [0.1, 0.15) is 57.8 Å². The van der Waals surface area contributed by atoms with Crippen LogP contribution >= 0.6 is 11.6 Å². The first-order valence-corrected chi connectivity index (χ1v) is 11.3. The van der Waals surface area contributed by atoms with Crippen LogP contribution in [0.3, 0.4) is 0 Å². The van der Waals surface area contributed by atoms with Crippen LogP contribution in [-0.4, -0.2) is 52.1 Å². The quantitative estimate of drug-likeness (QED) is 0.571. The molecule has 1 atom stereocenters. The molecule has 2 aliphatic heterocycles. The third-order valence-corrected chi connectivity index (χ3v) is 7.35. The Balaban J connectivity index is 1.51. The number of hydrogen-bond acceptors (Lipinski definition) is 4. The highest BCUT2D eigenvalue weighted by atomic mass is 35.5. The molecule has 1 aromatic carbocycles. The number of carboxylic acids is 1. The molecule has 2 heterocycles. The number of benzene rings is 1. The molecule has 3 aliphatic rings. The summed E-state index contributed by atoms with van der Waals surface area (Å²) in [5.74, 6) is -0.870. The molecule has 2 N–H and O–H groups in total. The van der Waals surface area contributed by atoms with Crippen molar-refractivity contribution < 1.29 is 14.7 Å². The summed E-state index contributed by atoms with van der Waals surface area (Å²) in [6.07, 6.45) is 8.51. The molecule has 0 radical (unpaired) electrons. The molecule has 1 saturated carbocycles. The van der Waals surface area contributed by atoms with Gasteiger partial charge in [-0.3, -0.25) is 14.5 Å². The molecule has 7 heteroatoms. The number of fused-ring (bicyclic) bond motifs is 1. The number of hydrogen-bond donors (Lipinski definition) is 2. The van der Waals surface area contributed by atoms with Crippen molar-refractivity contribution in [3.63, 3.8) is 0 Å². The van der Waals surface area contributed by atoms with Crippen LogP contribution in [0.4, 0.5) is 11.4 Å². The number of carbonyl (C=O) groups excluding carboxylic acids is 1. The number of carbonyl (C=O) groups is 2. The lowest BCUT2D eigenvalue weighted by atomic mass is 9.81. The Morgan fingerprint density at radius 3 is 2.34 bits per heavy atom. The standard InChI is InChI=1S/C22H30ClN3O3/c23-19-20(27)24-17-8-4-5-9-18(17)26(19)16-10-14-25(15-11-16)22(21(28)29)12-6-2-1-3-7-13-22/h4-5,8-9,16,19H,1-3,6-7,10-15H2,(H,24,27)(H,28,29). The average molecular weight is 420 g/mol. The molecule has 2 fully saturated rings. The van der Waals surface area contributed by atoms with Gasteiger partial charge in [0, 0.05) is 19.1 Å². The highest BCUT2D eigenvalue weighted by molar-refractivity contribution is 6.35. The molecular formula is C22H30ClN3O3. The fourth-order valence-corrected chi connectivity index (χ4v) is 5.67. The Morgan fingerprint density at radius 1 is 1.07 bits per heavy atom. The Bertz CT molecular complexity index is 755. The molecule has 1 saturated heterocycles. The van der Waals surface area contributed by atoms with Crippen molar-refractivity contribution in [2.45, 2.75) is 74.9 Å². The van der Waals surface area contributed by atoms with Crippen molar-refractivity contribution in [1.82, 2.24) is 4.90 Å². The third kappa shape index (κ3) is 3.84. The summed E-state index contributed by atoms with van der Waals surface area (Å²) < 4.78 is 0. The lowest BCUT2D eigenvalue weighted by Crippen LogP contribution is -2.60. The molecule has 0 bridgehead atoms. The predicted octanol–water partition coefficient (Wildman–Crippen LogP) is 4.04. The van der Waals surface area contributed by atoms with E-state index >= 15 is 0 Å². The van der Waals surface area contributed by atoms with E-state index in [0.717, 1.165) is 75.8 Å². The summed E-state index contributed by atoms with van der Waals surface area (Å²) in [5, 5.41) is 13.0. The van der Waals surface area contributed by atoms with Gasteiger partial charge in [-0.15, -0.1) is 0 Å². The number of anilines is 2. The number of piperidine rings is 1. The lowest BCUT2D eigenvalue weighted by molar-refractivity contribution is -0.154. The molecule has 1 unspecified atom stereocenters. The van der Waals surface area contributed by atoms with E-state index in [1.54, 1.807) is 0 Å².